The van der Waals surface area contributed by atoms with Gasteiger partial charge < -0.3 is 9.47 Å². The van der Waals surface area contributed by atoms with Gasteiger partial charge in [0.2, 0.25) is 0 Å². The summed E-state index contributed by atoms with van der Waals surface area (Å²) in [4.78, 5) is 13.9. The van der Waals surface area contributed by atoms with Gasteiger partial charge in [-0.3, -0.25) is 4.79 Å². The van der Waals surface area contributed by atoms with Crippen LogP contribution in [0.4, 0.5) is 0 Å². The van der Waals surface area contributed by atoms with Crippen molar-refractivity contribution in [2.75, 3.05) is 26.1 Å². The molecule has 2 fully saturated rings. The molecule has 1 unspecified atom stereocenters. The predicted molar refractivity (Wildman–Crippen MR) is 84.0 cm³/mol. The summed E-state index contributed by atoms with van der Waals surface area (Å²) in [6.07, 6.45) is 5.57. The molecule has 2 aliphatic heterocycles. The van der Waals surface area contributed by atoms with Crippen LogP contribution in [-0.4, -0.2) is 37.5 Å². The smallest absolute Gasteiger partial charge is 0.166 e. The topological polar surface area (TPSA) is 35.5 Å². The van der Waals surface area contributed by atoms with Crippen molar-refractivity contribution < 1.29 is 14.3 Å². The highest BCUT2D eigenvalue weighted by molar-refractivity contribution is 7.98. The fourth-order valence-corrected chi connectivity index (χ4v) is 3.74. The Labute approximate surface area is 130 Å². The fraction of sp³-hybridized carbons (Fsp3) is 0.588. The lowest BCUT2D eigenvalue weighted by atomic mass is 9.78. The third-order valence-corrected chi connectivity index (χ3v) is 5.39. The SMILES string of the molecule is CSc1ccc(C(=O)C2CCOC3(CCOCC3)C2)cc1. The average molecular weight is 306 g/mol. The van der Waals surface area contributed by atoms with Crippen molar-refractivity contribution in [3.8, 4) is 0 Å². The van der Waals surface area contributed by atoms with Crippen LogP contribution in [0.3, 0.4) is 0 Å². The summed E-state index contributed by atoms with van der Waals surface area (Å²) < 4.78 is 11.5. The summed E-state index contributed by atoms with van der Waals surface area (Å²) in [7, 11) is 0. The summed E-state index contributed by atoms with van der Waals surface area (Å²) in [6.45, 7) is 2.20. The predicted octanol–water partition coefficient (Wildman–Crippen LogP) is 3.57. The van der Waals surface area contributed by atoms with Gasteiger partial charge in [0.05, 0.1) is 5.60 Å². The molecule has 0 saturated carbocycles. The first-order valence-electron chi connectivity index (χ1n) is 7.62. The number of ether oxygens (including phenoxy) is 2. The Morgan fingerprint density at radius 1 is 1.19 bits per heavy atom. The molecule has 0 aliphatic carbocycles. The number of rotatable bonds is 3. The van der Waals surface area contributed by atoms with Crippen molar-refractivity contribution >= 4 is 17.5 Å². The van der Waals surface area contributed by atoms with Gasteiger partial charge in [0.1, 0.15) is 0 Å². The maximum Gasteiger partial charge on any atom is 0.166 e. The van der Waals surface area contributed by atoms with Crippen molar-refractivity contribution in [2.24, 2.45) is 5.92 Å². The van der Waals surface area contributed by atoms with Gasteiger partial charge in [0.25, 0.3) is 0 Å². The van der Waals surface area contributed by atoms with E-state index in [1.165, 1.54) is 4.90 Å². The minimum Gasteiger partial charge on any atom is -0.381 e. The Morgan fingerprint density at radius 2 is 1.90 bits per heavy atom. The minimum atomic E-state index is -0.115. The van der Waals surface area contributed by atoms with E-state index in [2.05, 4.69) is 0 Å². The molecule has 21 heavy (non-hydrogen) atoms. The second-order valence-electron chi connectivity index (χ2n) is 5.93. The fourth-order valence-electron chi connectivity index (χ4n) is 3.33. The van der Waals surface area contributed by atoms with Gasteiger partial charge in [0.15, 0.2) is 5.78 Å². The summed E-state index contributed by atoms with van der Waals surface area (Å²) >= 11 is 1.70. The summed E-state index contributed by atoms with van der Waals surface area (Å²) in [6, 6.07) is 7.98. The van der Waals surface area contributed by atoms with Crippen LogP contribution in [0.5, 0.6) is 0 Å². The number of carbonyl (C=O) groups excluding carboxylic acids is 1. The molecular weight excluding hydrogens is 284 g/mol. The van der Waals surface area contributed by atoms with Gasteiger partial charge >= 0.3 is 0 Å². The quantitative estimate of drug-likeness (QED) is 0.632. The Balaban J connectivity index is 1.71. The van der Waals surface area contributed by atoms with Gasteiger partial charge in [-0.15, -0.1) is 11.8 Å². The molecule has 1 spiro atoms. The molecule has 1 aromatic carbocycles. The second-order valence-corrected chi connectivity index (χ2v) is 6.81. The van der Waals surface area contributed by atoms with Gasteiger partial charge in [-0.1, -0.05) is 12.1 Å². The lowest BCUT2D eigenvalue weighted by Crippen LogP contribution is -2.45. The zero-order valence-electron chi connectivity index (χ0n) is 12.5. The van der Waals surface area contributed by atoms with E-state index in [4.69, 9.17) is 9.47 Å². The average Bonchev–Trinajstić information content (AvgIpc) is 2.55. The molecule has 0 amide bonds. The Hall–Kier alpha value is -0.840. The zero-order valence-corrected chi connectivity index (χ0v) is 13.3. The first kappa shape index (κ1) is 15.1. The Bertz CT molecular complexity index is 486. The lowest BCUT2D eigenvalue weighted by molar-refractivity contribution is -0.142. The molecular formula is C17H22O3S. The third kappa shape index (κ3) is 3.33. The van der Waals surface area contributed by atoms with Crippen LogP contribution in [0.1, 0.15) is 36.0 Å². The van der Waals surface area contributed by atoms with Crippen molar-refractivity contribution in [3.05, 3.63) is 29.8 Å². The van der Waals surface area contributed by atoms with E-state index in [-0.39, 0.29) is 17.3 Å². The van der Waals surface area contributed by atoms with Gasteiger partial charge in [-0.2, -0.15) is 0 Å². The first-order chi connectivity index (χ1) is 10.2. The standard InChI is InChI=1S/C17H22O3S/c1-21-15-4-2-13(3-5-15)16(18)14-6-9-20-17(12-14)7-10-19-11-8-17/h2-5,14H,6-12H2,1H3. The number of ketones is 1. The summed E-state index contributed by atoms with van der Waals surface area (Å²) in [5, 5.41) is 0. The van der Waals surface area contributed by atoms with Crippen molar-refractivity contribution in [3.63, 3.8) is 0 Å². The minimum absolute atomic E-state index is 0.0944. The first-order valence-corrected chi connectivity index (χ1v) is 8.85. The van der Waals surface area contributed by atoms with E-state index in [0.717, 1.165) is 44.5 Å². The largest absolute Gasteiger partial charge is 0.381 e. The molecule has 2 heterocycles. The molecule has 4 heteroatoms. The van der Waals surface area contributed by atoms with Gasteiger partial charge in [0, 0.05) is 36.2 Å². The molecule has 114 valence electrons. The molecule has 1 aromatic rings. The summed E-state index contributed by atoms with van der Waals surface area (Å²) in [5.41, 5.74) is 0.720. The molecule has 0 N–H and O–H groups in total. The third-order valence-electron chi connectivity index (χ3n) is 4.64. The van der Waals surface area contributed by atoms with Crippen molar-refractivity contribution in [2.45, 2.75) is 36.2 Å². The number of hydrogen-bond acceptors (Lipinski definition) is 4. The monoisotopic (exact) mass is 306 g/mol. The molecule has 3 nitrogen and oxygen atoms in total. The highest BCUT2D eigenvalue weighted by Crippen LogP contribution is 2.38. The van der Waals surface area contributed by atoms with E-state index in [9.17, 15) is 4.79 Å². The number of Topliss-reactive ketones (excluding diaryl/α,β-unsaturated/α-hetero) is 1. The van der Waals surface area contributed by atoms with E-state index in [0.29, 0.717) is 6.61 Å². The van der Waals surface area contributed by atoms with Crippen LogP contribution in [0.2, 0.25) is 0 Å². The van der Waals surface area contributed by atoms with Crippen LogP contribution < -0.4 is 0 Å². The second kappa shape index (κ2) is 6.51. The van der Waals surface area contributed by atoms with Crippen molar-refractivity contribution in [1.82, 2.24) is 0 Å². The van der Waals surface area contributed by atoms with Gasteiger partial charge in [-0.25, -0.2) is 0 Å². The molecule has 0 radical (unpaired) electrons. The van der Waals surface area contributed by atoms with Crippen molar-refractivity contribution in [1.29, 1.82) is 0 Å². The van der Waals surface area contributed by atoms with E-state index < -0.39 is 0 Å². The number of benzene rings is 1. The number of hydrogen-bond donors (Lipinski definition) is 0. The van der Waals surface area contributed by atoms with Gasteiger partial charge in [-0.05, 0) is 44.1 Å². The lowest BCUT2D eigenvalue weighted by Gasteiger charge is -2.42. The van der Waals surface area contributed by atoms with Crippen LogP contribution in [-0.2, 0) is 9.47 Å². The van der Waals surface area contributed by atoms with Crippen LogP contribution in [0.15, 0.2) is 29.2 Å². The molecule has 0 aromatic heterocycles. The van der Waals surface area contributed by atoms with E-state index >= 15 is 0 Å². The Kier molecular flexibility index (Phi) is 4.67. The van der Waals surface area contributed by atoms with Crippen LogP contribution in [0.25, 0.3) is 0 Å². The highest BCUT2D eigenvalue weighted by atomic mass is 32.2. The van der Waals surface area contributed by atoms with Crippen LogP contribution >= 0.6 is 11.8 Å². The molecule has 2 aliphatic rings. The maximum atomic E-state index is 12.7. The number of thioether (sulfide) groups is 1. The Morgan fingerprint density at radius 3 is 2.57 bits per heavy atom. The molecule has 1 atom stereocenters. The van der Waals surface area contributed by atoms with Crippen LogP contribution in [0, 0.1) is 5.92 Å². The highest BCUT2D eigenvalue weighted by Gasteiger charge is 2.41. The zero-order chi connectivity index (χ0) is 14.7. The number of carbonyl (C=O) groups is 1. The normalized spacial score (nSPS) is 24.9. The molecule has 2 saturated heterocycles. The van der Waals surface area contributed by atoms with E-state index in [1.54, 1.807) is 11.8 Å². The molecule has 3 rings (SSSR count). The molecule has 0 bridgehead atoms. The van der Waals surface area contributed by atoms with E-state index in [1.807, 2.05) is 30.5 Å². The summed E-state index contributed by atoms with van der Waals surface area (Å²) in [5.74, 6) is 0.369. The maximum absolute atomic E-state index is 12.7.